The summed E-state index contributed by atoms with van der Waals surface area (Å²) in [5.74, 6) is -0.873. The highest BCUT2D eigenvalue weighted by atomic mass is 19.1. The summed E-state index contributed by atoms with van der Waals surface area (Å²) in [6.07, 6.45) is 9.00. The Hall–Kier alpha value is -3.67. The van der Waals surface area contributed by atoms with E-state index in [2.05, 4.69) is 16.9 Å². The summed E-state index contributed by atoms with van der Waals surface area (Å²) in [6.45, 7) is 7.18. The van der Waals surface area contributed by atoms with Gasteiger partial charge in [0, 0.05) is 23.7 Å². The van der Waals surface area contributed by atoms with Crippen LogP contribution in [0.2, 0.25) is 0 Å². The number of benzene rings is 1. The van der Waals surface area contributed by atoms with Gasteiger partial charge >= 0.3 is 0 Å². The predicted octanol–water partition coefficient (Wildman–Crippen LogP) is 3.98. The molecule has 28 heavy (non-hydrogen) atoms. The first-order chi connectivity index (χ1) is 13.4. The maximum atomic E-state index is 13.6. The lowest BCUT2D eigenvalue weighted by molar-refractivity contribution is 0.0966. The summed E-state index contributed by atoms with van der Waals surface area (Å²) in [5, 5.41) is 12.0. The minimum absolute atomic E-state index is 0.141. The highest BCUT2D eigenvalue weighted by molar-refractivity contribution is 5.96. The van der Waals surface area contributed by atoms with Crippen LogP contribution in [0, 0.1) is 12.7 Å². The Morgan fingerprint density at radius 2 is 1.93 bits per heavy atom. The minimum atomic E-state index is -0.547. The van der Waals surface area contributed by atoms with Crippen LogP contribution in [0.1, 0.15) is 28.4 Å². The van der Waals surface area contributed by atoms with Crippen molar-refractivity contribution < 1.29 is 14.3 Å². The maximum Gasteiger partial charge on any atom is 0.257 e. The van der Waals surface area contributed by atoms with Crippen LogP contribution in [0.3, 0.4) is 0 Å². The van der Waals surface area contributed by atoms with E-state index in [9.17, 15) is 14.3 Å². The third-order valence-corrected chi connectivity index (χ3v) is 4.09. The molecule has 2 rings (SSSR count). The fourth-order valence-corrected chi connectivity index (χ4v) is 2.55. The number of hydrogen-bond donors (Lipinski definition) is 3. The van der Waals surface area contributed by atoms with E-state index in [1.54, 1.807) is 36.4 Å². The number of allylic oxidation sites excluding steroid dienone is 5. The molecule has 1 aromatic carbocycles. The van der Waals surface area contributed by atoms with Crippen LogP contribution in [0.25, 0.3) is 5.57 Å². The van der Waals surface area contributed by atoms with E-state index in [0.29, 0.717) is 11.3 Å². The summed E-state index contributed by atoms with van der Waals surface area (Å²) in [6, 6.07) is 6.73. The molecule has 4 N–H and O–H groups in total. The number of rotatable bonds is 6. The average molecular weight is 379 g/mol. The van der Waals surface area contributed by atoms with Crippen molar-refractivity contribution in [2.75, 3.05) is 0 Å². The first-order valence-corrected chi connectivity index (χ1v) is 8.53. The van der Waals surface area contributed by atoms with E-state index >= 15 is 0 Å². The fourth-order valence-electron chi connectivity index (χ4n) is 2.55. The maximum absolute atomic E-state index is 13.6. The topological polar surface area (TPSA) is 88.2 Å². The van der Waals surface area contributed by atoms with Crippen molar-refractivity contribution in [1.82, 2.24) is 10.3 Å². The van der Waals surface area contributed by atoms with Crippen molar-refractivity contribution >= 4 is 11.5 Å². The lowest BCUT2D eigenvalue weighted by Crippen LogP contribution is -2.22. The van der Waals surface area contributed by atoms with E-state index < -0.39 is 11.7 Å². The molecular formula is C22H22FN3O2. The van der Waals surface area contributed by atoms with Gasteiger partial charge in [-0.3, -0.25) is 9.78 Å². The molecule has 0 aliphatic carbocycles. The van der Waals surface area contributed by atoms with Gasteiger partial charge in [0.2, 0.25) is 0 Å². The number of halogens is 1. The SMILES string of the molecule is C=C(\C=C/C(=C\N)C(=C\C)/c1ccc(O)cc1)NC(=O)c1cncc(F)c1C. The lowest BCUT2D eigenvalue weighted by Gasteiger charge is -2.10. The molecule has 1 aromatic heterocycles. The predicted molar refractivity (Wildman–Crippen MR) is 109 cm³/mol. The molecule has 0 fully saturated rings. The number of carbonyl (C=O) groups is 1. The number of pyridine rings is 1. The van der Waals surface area contributed by atoms with Crippen molar-refractivity contribution in [3.8, 4) is 5.75 Å². The molecular weight excluding hydrogens is 357 g/mol. The number of nitrogens with one attached hydrogen (secondary N) is 1. The van der Waals surface area contributed by atoms with Crippen LogP contribution in [0.5, 0.6) is 5.75 Å². The molecule has 0 bridgehead atoms. The molecule has 6 heteroatoms. The van der Waals surface area contributed by atoms with Gasteiger partial charge in [0.15, 0.2) is 0 Å². The number of phenolic OH excluding ortho intramolecular Hbond substituents is 1. The summed E-state index contributed by atoms with van der Waals surface area (Å²) in [5.41, 5.74) is 8.86. The highest BCUT2D eigenvalue weighted by Gasteiger charge is 2.12. The van der Waals surface area contributed by atoms with Crippen LogP contribution >= 0.6 is 0 Å². The molecule has 0 radical (unpaired) electrons. The van der Waals surface area contributed by atoms with Gasteiger partial charge in [-0.2, -0.15) is 0 Å². The van der Waals surface area contributed by atoms with Crippen LogP contribution in [0.4, 0.5) is 4.39 Å². The molecule has 0 atom stereocenters. The Morgan fingerprint density at radius 1 is 1.25 bits per heavy atom. The van der Waals surface area contributed by atoms with Gasteiger partial charge in [0.1, 0.15) is 11.6 Å². The largest absolute Gasteiger partial charge is 0.508 e. The van der Waals surface area contributed by atoms with Crippen molar-refractivity contribution in [3.63, 3.8) is 0 Å². The molecule has 0 saturated heterocycles. The average Bonchev–Trinajstić information content (AvgIpc) is 2.68. The Labute approximate surface area is 163 Å². The number of hydrogen-bond acceptors (Lipinski definition) is 4. The van der Waals surface area contributed by atoms with Crippen molar-refractivity contribution in [1.29, 1.82) is 0 Å². The molecule has 0 spiro atoms. The second-order valence-electron chi connectivity index (χ2n) is 5.98. The molecule has 1 heterocycles. The van der Waals surface area contributed by atoms with Gasteiger partial charge in [-0.05, 0) is 48.8 Å². The van der Waals surface area contributed by atoms with E-state index in [4.69, 9.17) is 5.73 Å². The third-order valence-electron chi connectivity index (χ3n) is 4.09. The fraction of sp³-hybridized carbons (Fsp3) is 0.0909. The molecule has 2 aromatic rings. The zero-order chi connectivity index (χ0) is 20.7. The lowest BCUT2D eigenvalue weighted by atomic mass is 9.97. The van der Waals surface area contributed by atoms with Crippen molar-refractivity contribution in [2.24, 2.45) is 5.73 Å². The number of amides is 1. The summed E-state index contributed by atoms with van der Waals surface area (Å²) >= 11 is 0. The second kappa shape index (κ2) is 9.32. The molecule has 5 nitrogen and oxygen atoms in total. The second-order valence-corrected chi connectivity index (χ2v) is 5.98. The Bertz CT molecular complexity index is 974. The quantitative estimate of drug-likeness (QED) is 0.663. The van der Waals surface area contributed by atoms with Gasteiger partial charge in [-0.1, -0.05) is 30.9 Å². The van der Waals surface area contributed by atoms with Gasteiger partial charge in [0.25, 0.3) is 5.91 Å². The Balaban J connectivity index is 2.13. The van der Waals surface area contributed by atoms with Gasteiger partial charge < -0.3 is 16.2 Å². The number of carbonyl (C=O) groups excluding carboxylic acids is 1. The van der Waals surface area contributed by atoms with Crippen molar-refractivity contribution in [3.05, 3.63) is 101 Å². The van der Waals surface area contributed by atoms with Gasteiger partial charge in [0.05, 0.1) is 11.8 Å². The smallest absolute Gasteiger partial charge is 0.257 e. The number of aromatic nitrogens is 1. The van der Waals surface area contributed by atoms with Gasteiger partial charge in [-0.15, -0.1) is 0 Å². The first-order valence-electron chi connectivity index (χ1n) is 8.53. The first kappa shape index (κ1) is 20.6. The zero-order valence-electron chi connectivity index (χ0n) is 15.7. The van der Waals surface area contributed by atoms with E-state index in [1.807, 2.05) is 13.0 Å². The Morgan fingerprint density at radius 3 is 2.54 bits per heavy atom. The van der Waals surface area contributed by atoms with Crippen LogP contribution in [-0.2, 0) is 0 Å². The number of aromatic hydroxyl groups is 1. The van der Waals surface area contributed by atoms with E-state index in [-0.39, 0.29) is 16.9 Å². The molecule has 0 saturated carbocycles. The number of nitrogens with two attached hydrogens (primary N) is 1. The van der Waals surface area contributed by atoms with Crippen LogP contribution in [0.15, 0.2) is 78.9 Å². The van der Waals surface area contributed by atoms with Crippen LogP contribution in [-0.4, -0.2) is 16.0 Å². The molecule has 1 amide bonds. The standard InChI is InChI=1S/C22H22FN3O2/c1-4-19(16-7-9-18(27)10-8-16)17(11-24)6-5-14(2)26-22(28)20-12-25-13-21(23)15(20)3/h4-13,27H,2,24H2,1,3H3,(H,26,28)/b6-5-,17-11+,19-4-. The molecule has 0 aliphatic rings. The molecule has 144 valence electrons. The number of phenols is 1. The monoisotopic (exact) mass is 379 g/mol. The normalized spacial score (nSPS) is 12.2. The zero-order valence-corrected chi connectivity index (χ0v) is 15.7. The Kier molecular flexibility index (Phi) is 6.87. The third kappa shape index (κ3) is 4.94. The number of nitrogens with zero attached hydrogens (tertiary/aromatic N) is 1. The van der Waals surface area contributed by atoms with Gasteiger partial charge in [-0.25, -0.2) is 4.39 Å². The summed E-state index contributed by atoms with van der Waals surface area (Å²) in [4.78, 5) is 16.0. The van der Waals surface area contributed by atoms with Crippen molar-refractivity contribution in [2.45, 2.75) is 13.8 Å². The van der Waals surface area contributed by atoms with E-state index in [1.165, 1.54) is 19.3 Å². The van der Waals surface area contributed by atoms with E-state index in [0.717, 1.165) is 17.3 Å². The molecule has 0 unspecified atom stereocenters. The molecule has 0 aliphatic heterocycles. The minimum Gasteiger partial charge on any atom is -0.508 e. The highest BCUT2D eigenvalue weighted by Crippen LogP contribution is 2.25. The van der Waals surface area contributed by atoms with Crippen LogP contribution < -0.4 is 11.1 Å². The summed E-state index contributed by atoms with van der Waals surface area (Å²) in [7, 11) is 0. The summed E-state index contributed by atoms with van der Waals surface area (Å²) < 4.78 is 13.6.